The third kappa shape index (κ3) is 2.81. The van der Waals surface area contributed by atoms with Crippen molar-refractivity contribution in [2.75, 3.05) is 0 Å². The number of amidine groups is 1. The first kappa shape index (κ1) is 10.7. The van der Waals surface area contributed by atoms with Crippen molar-refractivity contribution in [3.8, 4) is 0 Å². The Hall–Kier alpha value is -1.42. The Labute approximate surface area is 86.1 Å². The lowest BCUT2D eigenvalue weighted by Crippen LogP contribution is -1.93. The summed E-state index contributed by atoms with van der Waals surface area (Å²) < 4.78 is 12.8. The average molecular weight is 214 g/mol. The molecule has 1 rings (SSSR count). The van der Waals surface area contributed by atoms with Gasteiger partial charge >= 0.3 is 0 Å². The van der Waals surface area contributed by atoms with Crippen LogP contribution >= 0.6 is 11.6 Å². The Morgan fingerprint density at radius 3 is 2.86 bits per heavy atom. The molecule has 1 aromatic rings. The van der Waals surface area contributed by atoms with E-state index in [9.17, 15) is 4.39 Å². The van der Waals surface area contributed by atoms with Crippen LogP contribution in [0.25, 0.3) is 0 Å². The molecule has 14 heavy (non-hydrogen) atoms. The van der Waals surface area contributed by atoms with Gasteiger partial charge in [0, 0.05) is 0 Å². The maximum atomic E-state index is 12.8. The molecule has 0 heterocycles. The lowest BCUT2D eigenvalue weighted by Gasteiger charge is -1.97. The third-order valence-electron chi connectivity index (χ3n) is 1.46. The summed E-state index contributed by atoms with van der Waals surface area (Å²) >= 11 is 5.57. The van der Waals surface area contributed by atoms with Crippen molar-refractivity contribution < 1.29 is 4.39 Å². The highest BCUT2D eigenvalue weighted by atomic mass is 35.5. The monoisotopic (exact) mass is 213 g/mol. The molecule has 3 nitrogen and oxygen atoms in total. The van der Waals surface area contributed by atoms with Crippen molar-refractivity contribution in [1.29, 1.82) is 0 Å². The Morgan fingerprint density at radius 2 is 2.29 bits per heavy atom. The summed E-state index contributed by atoms with van der Waals surface area (Å²) in [4.78, 5) is 7.78. The highest BCUT2D eigenvalue weighted by Gasteiger charge is 1.99. The first-order valence-electron chi connectivity index (χ1n) is 3.88. The Kier molecular flexibility index (Phi) is 3.59. The second-order valence-electron chi connectivity index (χ2n) is 2.54. The summed E-state index contributed by atoms with van der Waals surface area (Å²) in [6.07, 6.45) is 1.14. The van der Waals surface area contributed by atoms with Gasteiger partial charge in [0.05, 0.1) is 17.0 Å². The molecule has 0 spiro atoms. The van der Waals surface area contributed by atoms with Crippen molar-refractivity contribution in [2.24, 2.45) is 15.7 Å². The molecule has 0 unspecified atom stereocenters. The molecule has 2 N–H and O–H groups in total. The number of hydrogen-bond acceptors (Lipinski definition) is 1. The summed E-state index contributed by atoms with van der Waals surface area (Å²) in [7, 11) is 0. The van der Waals surface area contributed by atoms with Crippen molar-refractivity contribution >= 4 is 29.5 Å². The number of nitrogens with two attached hydrogens (primary N) is 1. The maximum Gasteiger partial charge on any atom is 0.141 e. The molecule has 0 bridgehead atoms. The zero-order valence-electron chi connectivity index (χ0n) is 7.54. The first-order valence-corrected chi connectivity index (χ1v) is 4.26. The van der Waals surface area contributed by atoms with Crippen molar-refractivity contribution in [2.45, 2.75) is 6.92 Å². The van der Waals surface area contributed by atoms with E-state index in [4.69, 9.17) is 17.3 Å². The largest absolute Gasteiger partial charge is 0.390 e. The van der Waals surface area contributed by atoms with E-state index in [0.29, 0.717) is 11.5 Å². The summed E-state index contributed by atoms with van der Waals surface area (Å²) in [5, 5.41) is 0.0378. The molecule has 0 saturated heterocycles. The zero-order valence-corrected chi connectivity index (χ0v) is 8.29. The molecule has 1 aromatic carbocycles. The summed E-state index contributed by atoms with van der Waals surface area (Å²) in [6, 6.07) is 4.18. The van der Waals surface area contributed by atoms with E-state index in [1.165, 1.54) is 18.2 Å². The van der Waals surface area contributed by atoms with E-state index < -0.39 is 5.82 Å². The van der Waals surface area contributed by atoms with Gasteiger partial charge in [-0.15, -0.1) is 0 Å². The maximum absolute atomic E-state index is 12.8. The summed E-state index contributed by atoms with van der Waals surface area (Å²) in [5.41, 5.74) is 5.62. The van der Waals surface area contributed by atoms with Crippen LogP contribution in [0, 0.1) is 5.82 Å². The van der Waals surface area contributed by atoms with Crippen molar-refractivity contribution in [3.05, 3.63) is 29.0 Å². The minimum absolute atomic E-state index is 0.0378. The number of halogens is 2. The van der Waals surface area contributed by atoms with Crippen LogP contribution in [0.15, 0.2) is 28.2 Å². The van der Waals surface area contributed by atoms with Gasteiger partial charge in [-0.1, -0.05) is 11.6 Å². The number of rotatable bonds is 1. The molecule has 0 aliphatic rings. The molecule has 0 aliphatic heterocycles. The number of hydrogen-bond donors (Lipinski definition) is 1. The highest BCUT2D eigenvalue weighted by Crippen LogP contribution is 2.21. The van der Waals surface area contributed by atoms with Crippen LogP contribution in [0.5, 0.6) is 0 Å². The van der Waals surface area contributed by atoms with Gasteiger partial charge in [-0.2, -0.15) is 0 Å². The van der Waals surface area contributed by atoms with Crippen molar-refractivity contribution in [1.82, 2.24) is 0 Å². The highest BCUT2D eigenvalue weighted by molar-refractivity contribution is 6.31. The fourth-order valence-corrected chi connectivity index (χ4v) is 1.05. The SMILES string of the molecule is CC(N=CN)=Nc1ccc(F)c(Cl)c1. The molecule has 0 aliphatic carbocycles. The Balaban J connectivity index is 2.98. The number of nitrogens with zero attached hydrogens (tertiary/aromatic N) is 2. The van der Waals surface area contributed by atoms with Crippen LogP contribution in [0.1, 0.15) is 6.92 Å². The van der Waals surface area contributed by atoms with Gasteiger partial charge < -0.3 is 5.73 Å². The van der Waals surface area contributed by atoms with E-state index in [1.807, 2.05) is 0 Å². The van der Waals surface area contributed by atoms with E-state index in [-0.39, 0.29) is 5.02 Å². The number of benzene rings is 1. The molecule has 0 atom stereocenters. The Morgan fingerprint density at radius 1 is 1.57 bits per heavy atom. The van der Waals surface area contributed by atoms with Crippen LogP contribution in [0.4, 0.5) is 10.1 Å². The van der Waals surface area contributed by atoms with Gasteiger partial charge in [0.2, 0.25) is 0 Å². The number of aliphatic imine (C=N–C) groups is 2. The topological polar surface area (TPSA) is 50.7 Å². The second kappa shape index (κ2) is 4.72. The molecule has 5 heteroatoms. The van der Waals surface area contributed by atoms with Gasteiger partial charge in [-0.25, -0.2) is 14.4 Å². The smallest absolute Gasteiger partial charge is 0.141 e. The third-order valence-corrected chi connectivity index (χ3v) is 1.75. The lowest BCUT2D eigenvalue weighted by atomic mass is 10.3. The fraction of sp³-hybridized carbons (Fsp3) is 0.111. The van der Waals surface area contributed by atoms with Gasteiger partial charge in [-0.05, 0) is 25.1 Å². The normalized spacial score (nSPS) is 12.4. The first-order chi connectivity index (χ1) is 6.63. The molecule has 0 saturated carbocycles. The minimum atomic E-state index is -0.467. The average Bonchev–Trinajstić information content (AvgIpc) is 2.12. The predicted octanol–water partition coefficient (Wildman–Crippen LogP) is 2.52. The van der Waals surface area contributed by atoms with Crippen LogP contribution in [0.2, 0.25) is 5.02 Å². The Bertz CT molecular complexity index is 388. The van der Waals surface area contributed by atoms with E-state index in [0.717, 1.165) is 6.34 Å². The van der Waals surface area contributed by atoms with Crippen LogP contribution in [-0.2, 0) is 0 Å². The van der Waals surface area contributed by atoms with Crippen LogP contribution in [-0.4, -0.2) is 12.2 Å². The summed E-state index contributed by atoms with van der Waals surface area (Å²) in [6.45, 7) is 1.68. The van der Waals surface area contributed by atoms with Gasteiger partial charge in [0.1, 0.15) is 11.7 Å². The molecule has 0 fully saturated rings. The van der Waals surface area contributed by atoms with Crippen LogP contribution in [0.3, 0.4) is 0 Å². The zero-order chi connectivity index (χ0) is 10.6. The molecule has 0 radical (unpaired) electrons. The molecular formula is C9H9ClFN3. The molecule has 0 aromatic heterocycles. The lowest BCUT2D eigenvalue weighted by molar-refractivity contribution is 0.628. The van der Waals surface area contributed by atoms with E-state index in [1.54, 1.807) is 6.92 Å². The minimum Gasteiger partial charge on any atom is -0.390 e. The predicted molar refractivity (Wildman–Crippen MR) is 56.9 cm³/mol. The standard InChI is InChI=1S/C9H9ClFN3/c1-6(13-5-12)14-7-2-3-9(11)8(10)4-7/h2-5H,1H3,(H2,12,13,14). The summed E-state index contributed by atoms with van der Waals surface area (Å²) in [5.74, 6) is 0.0146. The molecule has 0 amide bonds. The molecular weight excluding hydrogens is 205 g/mol. The van der Waals surface area contributed by atoms with Crippen molar-refractivity contribution in [3.63, 3.8) is 0 Å². The second-order valence-corrected chi connectivity index (χ2v) is 2.94. The van der Waals surface area contributed by atoms with Gasteiger partial charge in [0.25, 0.3) is 0 Å². The van der Waals surface area contributed by atoms with E-state index in [2.05, 4.69) is 9.98 Å². The fourth-order valence-electron chi connectivity index (χ4n) is 0.878. The van der Waals surface area contributed by atoms with Gasteiger partial charge in [0.15, 0.2) is 0 Å². The van der Waals surface area contributed by atoms with Crippen LogP contribution < -0.4 is 5.73 Å². The molecule has 74 valence electrons. The van der Waals surface area contributed by atoms with Gasteiger partial charge in [-0.3, -0.25) is 0 Å². The quantitative estimate of drug-likeness (QED) is 0.566. The van der Waals surface area contributed by atoms with E-state index >= 15 is 0 Å².